The number of rotatable bonds is 8. The van der Waals surface area contributed by atoms with Crippen LogP contribution in [0.25, 0.3) is 0 Å². The van der Waals surface area contributed by atoms with Crippen LogP contribution in [0.15, 0.2) is 54.6 Å². The first-order valence-electron chi connectivity index (χ1n) is 9.89. The quantitative estimate of drug-likeness (QED) is 0.342. The molecule has 0 aliphatic rings. The van der Waals surface area contributed by atoms with Crippen molar-refractivity contribution in [1.82, 2.24) is 0 Å². The van der Waals surface area contributed by atoms with Gasteiger partial charge in [0, 0.05) is 5.02 Å². The molecule has 0 atom stereocenters. The Hall–Kier alpha value is -2.80. The summed E-state index contributed by atoms with van der Waals surface area (Å²) in [4.78, 5) is 24.4. The number of halogens is 4. The van der Waals surface area contributed by atoms with Gasteiger partial charge in [0.25, 0.3) is 5.91 Å². The molecule has 0 unspecified atom stereocenters. The lowest BCUT2D eigenvalue weighted by Crippen LogP contribution is -2.16. The Morgan fingerprint density at radius 2 is 1.76 bits per heavy atom. The van der Waals surface area contributed by atoms with Crippen LogP contribution in [0.3, 0.4) is 0 Å². The van der Waals surface area contributed by atoms with Gasteiger partial charge in [0.15, 0.2) is 11.6 Å². The van der Waals surface area contributed by atoms with Crippen LogP contribution < -0.4 is 10.1 Å². The molecule has 172 valence electrons. The van der Waals surface area contributed by atoms with E-state index in [1.165, 1.54) is 24.3 Å². The highest BCUT2D eigenvalue weighted by molar-refractivity contribution is 6.36. The third-order valence-electron chi connectivity index (χ3n) is 4.50. The fourth-order valence-electron chi connectivity index (χ4n) is 2.97. The van der Waals surface area contributed by atoms with E-state index in [9.17, 15) is 9.59 Å². The van der Waals surface area contributed by atoms with Crippen LogP contribution in [0.1, 0.15) is 28.4 Å². The molecule has 0 bridgehead atoms. The lowest BCUT2D eigenvalue weighted by Gasteiger charge is -2.13. The SMILES string of the molecule is CCOC(=O)Cc1ccc(NC(=O)c2c(Cl)ccc(OCc3cccc(Cl)c3)c2F)c(Cl)c1. The minimum atomic E-state index is -0.905. The van der Waals surface area contributed by atoms with Gasteiger partial charge in [0.1, 0.15) is 6.61 Å². The molecule has 3 aromatic carbocycles. The van der Waals surface area contributed by atoms with Gasteiger partial charge in [-0.25, -0.2) is 4.39 Å². The van der Waals surface area contributed by atoms with Crippen molar-refractivity contribution in [3.05, 3.63) is 92.2 Å². The number of hydrogen-bond donors (Lipinski definition) is 1. The molecule has 0 radical (unpaired) electrons. The minimum Gasteiger partial charge on any atom is -0.486 e. The Balaban J connectivity index is 1.75. The molecular formula is C24H19Cl3FNO4. The van der Waals surface area contributed by atoms with Crippen molar-refractivity contribution in [2.45, 2.75) is 20.0 Å². The van der Waals surface area contributed by atoms with Crippen molar-refractivity contribution in [3.63, 3.8) is 0 Å². The van der Waals surface area contributed by atoms with Crippen molar-refractivity contribution < 1.29 is 23.5 Å². The van der Waals surface area contributed by atoms with Crippen LogP contribution in [-0.4, -0.2) is 18.5 Å². The lowest BCUT2D eigenvalue weighted by molar-refractivity contribution is -0.142. The van der Waals surface area contributed by atoms with E-state index in [4.69, 9.17) is 44.3 Å². The van der Waals surface area contributed by atoms with E-state index in [0.717, 1.165) is 5.56 Å². The number of benzene rings is 3. The zero-order valence-corrected chi connectivity index (χ0v) is 19.7. The monoisotopic (exact) mass is 509 g/mol. The van der Waals surface area contributed by atoms with Crippen molar-refractivity contribution in [3.8, 4) is 5.75 Å². The van der Waals surface area contributed by atoms with Crippen LogP contribution in [0.5, 0.6) is 5.75 Å². The van der Waals surface area contributed by atoms with E-state index in [0.29, 0.717) is 10.6 Å². The third kappa shape index (κ3) is 6.60. The van der Waals surface area contributed by atoms with Gasteiger partial charge in [-0.1, -0.05) is 53.0 Å². The van der Waals surface area contributed by atoms with Gasteiger partial charge in [-0.3, -0.25) is 9.59 Å². The Kier molecular flexibility index (Phi) is 8.55. The molecule has 0 saturated heterocycles. The summed E-state index contributed by atoms with van der Waals surface area (Å²) in [5.41, 5.74) is 1.19. The largest absolute Gasteiger partial charge is 0.486 e. The van der Waals surface area contributed by atoms with Crippen LogP contribution in [0.2, 0.25) is 15.1 Å². The predicted octanol–water partition coefficient (Wildman–Crippen LogP) is 6.72. The van der Waals surface area contributed by atoms with Crippen molar-refractivity contribution in [1.29, 1.82) is 0 Å². The Bertz CT molecular complexity index is 1190. The zero-order valence-electron chi connectivity index (χ0n) is 17.5. The molecule has 0 spiro atoms. The number of amides is 1. The molecule has 9 heteroatoms. The molecule has 3 rings (SSSR count). The average molecular weight is 511 g/mol. The number of nitrogens with one attached hydrogen (secondary N) is 1. The Morgan fingerprint density at radius 1 is 0.970 bits per heavy atom. The lowest BCUT2D eigenvalue weighted by atomic mass is 10.1. The van der Waals surface area contributed by atoms with Gasteiger partial charge in [0.05, 0.1) is 34.3 Å². The van der Waals surface area contributed by atoms with E-state index in [1.54, 1.807) is 37.3 Å². The van der Waals surface area contributed by atoms with E-state index in [-0.39, 0.29) is 46.7 Å². The topological polar surface area (TPSA) is 64.6 Å². The molecule has 3 aromatic rings. The first-order valence-corrected chi connectivity index (χ1v) is 11.0. The molecule has 0 saturated carbocycles. The van der Waals surface area contributed by atoms with Crippen LogP contribution in [0.4, 0.5) is 10.1 Å². The normalized spacial score (nSPS) is 10.6. The highest BCUT2D eigenvalue weighted by Gasteiger charge is 2.21. The van der Waals surface area contributed by atoms with Crippen molar-refractivity contribution >= 4 is 52.4 Å². The summed E-state index contributed by atoms with van der Waals surface area (Å²) in [5.74, 6) is -2.24. The first-order chi connectivity index (χ1) is 15.8. The maximum Gasteiger partial charge on any atom is 0.310 e. The van der Waals surface area contributed by atoms with Crippen LogP contribution in [-0.2, 0) is 22.6 Å². The Morgan fingerprint density at radius 3 is 2.45 bits per heavy atom. The van der Waals surface area contributed by atoms with Gasteiger partial charge >= 0.3 is 5.97 Å². The molecule has 5 nitrogen and oxygen atoms in total. The van der Waals surface area contributed by atoms with Gasteiger partial charge < -0.3 is 14.8 Å². The van der Waals surface area contributed by atoms with Gasteiger partial charge in [-0.15, -0.1) is 0 Å². The molecule has 0 aromatic heterocycles. The smallest absolute Gasteiger partial charge is 0.310 e. The first kappa shape index (κ1) is 24.8. The molecule has 1 amide bonds. The molecule has 0 heterocycles. The number of hydrogen-bond acceptors (Lipinski definition) is 4. The summed E-state index contributed by atoms with van der Waals surface area (Å²) < 4.78 is 25.5. The van der Waals surface area contributed by atoms with E-state index >= 15 is 4.39 Å². The van der Waals surface area contributed by atoms with Crippen molar-refractivity contribution in [2.24, 2.45) is 0 Å². The highest BCUT2D eigenvalue weighted by atomic mass is 35.5. The average Bonchev–Trinajstić information content (AvgIpc) is 2.75. The van der Waals surface area contributed by atoms with Crippen molar-refractivity contribution in [2.75, 3.05) is 11.9 Å². The van der Waals surface area contributed by atoms with E-state index in [2.05, 4.69) is 5.32 Å². The second-order valence-electron chi connectivity index (χ2n) is 6.90. The van der Waals surface area contributed by atoms with Gasteiger partial charge in [0.2, 0.25) is 0 Å². The highest BCUT2D eigenvalue weighted by Crippen LogP contribution is 2.30. The van der Waals surface area contributed by atoms with E-state index in [1.807, 2.05) is 0 Å². The Labute approximate surface area is 205 Å². The number of anilines is 1. The van der Waals surface area contributed by atoms with Gasteiger partial charge in [-0.05, 0) is 54.4 Å². The molecule has 0 fully saturated rings. The molecule has 0 aliphatic heterocycles. The molecule has 0 aliphatic carbocycles. The molecule has 33 heavy (non-hydrogen) atoms. The predicted molar refractivity (Wildman–Crippen MR) is 127 cm³/mol. The summed E-state index contributed by atoms with van der Waals surface area (Å²) in [7, 11) is 0. The maximum absolute atomic E-state index is 15.1. The number of esters is 1. The summed E-state index contributed by atoms with van der Waals surface area (Å²) in [6.07, 6.45) is 0.0360. The van der Waals surface area contributed by atoms with Crippen LogP contribution >= 0.6 is 34.8 Å². The number of carbonyl (C=O) groups excluding carboxylic acids is 2. The number of ether oxygens (including phenoxy) is 2. The molecular weight excluding hydrogens is 492 g/mol. The minimum absolute atomic E-state index is 0.0360. The third-order valence-corrected chi connectivity index (χ3v) is 5.36. The van der Waals surface area contributed by atoms with Gasteiger partial charge in [-0.2, -0.15) is 0 Å². The standard InChI is InChI=1S/C24H19Cl3FNO4/c1-2-32-21(30)12-14-6-8-19(18(27)11-14)29-24(31)22-17(26)7-9-20(23(22)28)33-13-15-4-3-5-16(25)10-15/h3-11H,2,12-13H2,1H3,(H,29,31). The summed E-state index contributed by atoms with van der Waals surface area (Å²) >= 11 is 18.3. The summed E-state index contributed by atoms with van der Waals surface area (Å²) in [6.45, 7) is 2.04. The second-order valence-corrected chi connectivity index (χ2v) is 8.15. The zero-order chi connectivity index (χ0) is 24.0. The molecule has 1 N–H and O–H groups in total. The fraction of sp³-hybridized carbons (Fsp3) is 0.167. The maximum atomic E-state index is 15.1. The number of carbonyl (C=O) groups is 2. The summed E-state index contributed by atoms with van der Waals surface area (Å²) in [6, 6.07) is 14.3. The fourth-order valence-corrected chi connectivity index (χ4v) is 3.67. The second kappa shape index (κ2) is 11.4. The van der Waals surface area contributed by atoms with Crippen LogP contribution in [0, 0.1) is 5.82 Å². The summed E-state index contributed by atoms with van der Waals surface area (Å²) in [5, 5.41) is 3.15. The van der Waals surface area contributed by atoms with E-state index < -0.39 is 17.7 Å².